The molecule has 0 saturated heterocycles. The highest BCUT2D eigenvalue weighted by atomic mass is 16.5. The van der Waals surface area contributed by atoms with Crippen LogP contribution in [0.3, 0.4) is 0 Å². The zero-order chi connectivity index (χ0) is 18.0. The van der Waals surface area contributed by atoms with Crippen molar-refractivity contribution in [1.82, 2.24) is 0 Å². The Morgan fingerprint density at radius 3 is 2.80 bits per heavy atom. The summed E-state index contributed by atoms with van der Waals surface area (Å²) in [4.78, 5) is 24.6. The van der Waals surface area contributed by atoms with Crippen LogP contribution in [0.25, 0.3) is 0 Å². The number of hydrogen-bond donors (Lipinski definition) is 1. The molecule has 0 unspecified atom stereocenters. The minimum absolute atomic E-state index is 0.0696. The number of carbonyl (C=O) groups excluding carboxylic acids is 2. The summed E-state index contributed by atoms with van der Waals surface area (Å²) < 4.78 is 16.1. The van der Waals surface area contributed by atoms with E-state index in [4.69, 9.17) is 13.9 Å². The molecule has 0 saturated carbocycles. The first-order chi connectivity index (χ1) is 12.0. The Bertz CT molecular complexity index is 846. The van der Waals surface area contributed by atoms with Gasteiger partial charge in [0.1, 0.15) is 28.9 Å². The second-order valence-electron chi connectivity index (χ2n) is 5.84. The van der Waals surface area contributed by atoms with Crippen molar-refractivity contribution in [1.29, 1.82) is 0 Å². The van der Waals surface area contributed by atoms with E-state index < -0.39 is 12.1 Å². The maximum Gasteiger partial charge on any atom is 0.342 e. The number of cyclic esters (lactones) is 1. The average molecular weight is 342 g/mol. The van der Waals surface area contributed by atoms with Gasteiger partial charge in [-0.05, 0) is 36.8 Å². The summed E-state index contributed by atoms with van der Waals surface area (Å²) in [6, 6.07) is 6.26. The van der Waals surface area contributed by atoms with Crippen LogP contribution in [0.5, 0.6) is 11.5 Å². The fraction of sp³-hybridized carbons (Fsp3) is 0.263. The SMILES string of the molecule is COc1cc(O)c2c(c1)Cc1ccc(o1)C(=O)/C=C\C[C@H](C)OC2=O. The third-order valence-electron chi connectivity index (χ3n) is 3.93. The predicted molar refractivity (Wildman–Crippen MR) is 89.1 cm³/mol. The number of ketones is 1. The van der Waals surface area contributed by atoms with Crippen LogP contribution in [0.4, 0.5) is 0 Å². The summed E-state index contributed by atoms with van der Waals surface area (Å²) in [6.45, 7) is 1.72. The first-order valence-electron chi connectivity index (χ1n) is 7.88. The lowest BCUT2D eigenvalue weighted by Gasteiger charge is -2.15. The molecule has 0 radical (unpaired) electrons. The standard InChI is InChI=1S/C19H18O6/c1-11-4-3-5-15(20)17-7-6-13(25-17)8-12-9-14(23-2)10-16(21)18(12)19(22)24-11/h3,5-7,9-11,21H,4,8H2,1-2H3/b5-3-/t11-/m0/s1. The Kier molecular flexibility index (Phi) is 4.61. The van der Waals surface area contributed by atoms with Crippen molar-refractivity contribution >= 4 is 11.8 Å². The zero-order valence-corrected chi connectivity index (χ0v) is 13.9. The lowest BCUT2D eigenvalue weighted by Crippen LogP contribution is -2.16. The largest absolute Gasteiger partial charge is 0.507 e. The molecule has 130 valence electrons. The maximum absolute atomic E-state index is 12.5. The quantitative estimate of drug-likeness (QED) is 0.801. The van der Waals surface area contributed by atoms with E-state index >= 15 is 0 Å². The third-order valence-corrected chi connectivity index (χ3v) is 3.93. The van der Waals surface area contributed by atoms with Crippen molar-refractivity contribution in [2.24, 2.45) is 0 Å². The second-order valence-corrected chi connectivity index (χ2v) is 5.84. The van der Waals surface area contributed by atoms with Gasteiger partial charge in [0.2, 0.25) is 5.78 Å². The fourth-order valence-corrected chi connectivity index (χ4v) is 2.68. The van der Waals surface area contributed by atoms with Gasteiger partial charge in [-0.1, -0.05) is 6.08 Å². The number of carbonyl (C=O) groups is 2. The fourth-order valence-electron chi connectivity index (χ4n) is 2.68. The third kappa shape index (κ3) is 3.57. The first-order valence-corrected chi connectivity index (χ1v) is 7.88. The molecule has 2 bridgehead atoms. The molecule has 1 aromatic carbocycles. The van der Waals surface area contributed by atoms with Crippen molar-refractivity contribution in [2.45, 2.75) is 25.9 Å². The number of rotatable bonds is 1. The molecule has 25 heavy (non-hydrogen) atoms. The van der Waals surface area contributed by atoms with Gasteiger partial charge in [0.25, 0.3) is 0 Å². The normalized spacial score (nSPS) is 19.0. The number of fused-ring (bicyclic) bond motifs is 3. The van der Waals surface area contributed by atoms with Gasteiger partial charge in [0, 0.05) is 18.9 Å². The van der Waals surface area contributed by atoms with E-state index in [1.54, 1.807) is 31.2 Å². The molecule has 1 N–H and O–H groups in total. The van der Waals surface area contributed by atoms with E-state index in [1.807, 2.05) is 0 Å². The molecule has 1 aromatic heterocycles. The van der Waals surface area contributed by atoms with Crippen molar-refractivity contribution < 1.29 is 28.6 Å². The van der Waals surface area contributed by atoms with Crippen molar-refractivity contribution in [3.63, 3.8) is 0 Å². The molecule has 0 fully saturated rings. The number of phenols is 1. The number of allylic oxidation sites excluding steroid dienone is 1. The molecule has 2 aromatic rings. The Hall–Kier alpha value is -3.02. The smallest absolute Gasteiger partial charge is 0.342 e. The summed E-state index contributed by atoms with van der Waals surface area (Å²) in [5, 5.41) is 10.3. The summed E-state index contributed by atoms with van der Waals surface area (Å²) in [7, 11) is 1.47. The molecule has 1 aliphatic rings. The van der Waals surface area contributed by atoms with Gasteiger partial charge in [-0.15, -0.1) is 0 Å². The highest BCUT2D eigenvalue weighted by Gasteiger charge is 2.23. The topological polar surface area (TPSA) is 86.0 Å². The Morgan fingerprint density at radius 2 is 2.04 bits per heavy atom. The molecular formula is C19H18O6. The van der Waals surface area contributed by atoms with Gasteiger partial charge < -0.3 is 19.0 Å². The number of methoxy groups -OCH3 is 1. The number of benzene rings is 1. The molecule has 1 atom stereocenters. The Morgan fingerprint density at radius 1 is 1.24 bits per heavy atom. The maximum atomic E-state index is 12.5. The van der Waals surface area contributed by atoms with Gasteiger partial charge in [-0.3, -0.25) is 4.79 Å². The molecule has 0 amide bonds. The van der Waals surface area contributed by atoms with E-state index in [2.05, 4.69) is 0 Å². The van der Waals surface area contributed by atoms with Crippen LogP contribution in [0.1, 0.15) is 45.6 Å². The number of aromatic hydroxyl groups is 1. The van der Waals surface area contributed by atoms with Crippen LogP contribution in [0.2, 0.25) is 0 Å². The molecule has 2 heterocycles. The zero-order valence-electron chi connectivity index (χ0n) is 13.9. The average Bonchev–Trinajstić information content (AvgIpc) is 3.02. The van der Waals surface area contributed by atoms with Crippen LogP contribution in [-0.2, 0) is 11.2 Å². The molecule has 0 aliphatic carbocycles. The minimum atomic E-state index is -0.631. The molecular weight excluding hydrogens is 324 g/mol. The van der Waals surface area contributed by atoms with Crippen LogP contribution < -0.4 is 4.74 Å². The van der Waals surface area contributed by atoms with E-state index in [0.29, 0.717) is 23.5 Å². The first kappa shape index (κ1) is 16.8. The molecule has 0 spiro atoms. The van der Waals surface area contributed by atoms with E-state index in [-0.39, 0.29) is 29.3 Å². The van der Waals surface area contributed by atoms with Gasteiger partial charge in [0.05, 0.1) is 7.11 Å². The summed E-state index contributed by atoms with van der Waals surface area (Å²) in [6.07, 6.45) is 3.17. The van der Waals surface area contributed by atoms with Crippen LogP contribution in [0.15, 0.2) is 40.8 Å². The van der Waals surface area contributed by atoms with Crippen molar-refractivity contribution in [2.75, 3.05) is 7.11 Å². The van der Waals surface area contributed by atoms with Gasteiger partial charge >= 0.3 is 5.97 Å². The Labute approximate surface area is 144 Å². The predicted octanol–water partition coefficient (Wildman–Crippen LogP) is 3.27. The highest BCUT2D eigenvalue weighted by molar-refractivity contribution is 6.02. The number of hydrogen-bond acceptors (Lipinski definition) is 6. The van der Waals surface area contributed by atoms with Gasteiger partial charge in [0.15, 0.2) is 5.76 Å². The number of phenolic OH excluding ortho intramolecular Hbond substituents is 1. The van der Waals surface area contributed by atoms with Crippen LogP contribution in [-0.4, -0.2) is 30.1 Å². The van der Waals surface area contributed by atoms with Crippen LogP contribution >= 0.6 is 0 Å². The molecule has 6 nitrogen and oxygen atoms in total. The van der Waals surface area contributed by atoms with Crippen LogP contribution in [0, 0.1) is 0 Å². The van der Waals surface area contributed by atoms with Gasteiger partial charge in [-0.2, -0.15) is 0 Å². The summed E-state index contributed by atoms with van der Waals surface area (Å²) in [5.41, 5.74) is 0.565. The highest BCUT2D eigenvalue weighted by Crippen LogP contribution is 2.31. The van der Waals surface area contributed by atoms with Gasteiger partial charge in [-0.25, -0.2) is 4.79 Å². The lowest BCUT2D eigenvalue weighted by molar-refractivity contribution is 0.0343. The molecule has 1 aliphatic heterocycles. The Balaban J connectivity index is 2.11. The number of ether oxygens (including phenoxy) is 2. The molecule has 3 rings (SSSR count). The summed E-state index contributed by atoms with van der Waals surface area (Å²) >= 11 is 0. The van der Waals surface area contributed by atoms with E-state index in [9.17, 15) is 14.7 Å². The summed E-state index contributed by atoms with van der Waals surface area (Å²) in [5.74, 6) is 0.0155. The van der Waals surface area contributed by atoms with E-state index in [1.165, 1.54) is 19.3 Å². The van der Waals surface area contributed by atoms with E-state index in [0.717, 1.165) is 0 Å². The number of esters is 1. The lowest BCUT2D eigenvalue weighted by atomic mass is 10.0. The molecule has 6 heteroatoms. The number of furan rings is 1. The minimum Gasteiger partial charge on any atom is -0.507 e. The van der Waals surface area contributed by atoms with Crippen molar-refractivity contribution in [3.8, 4) is 11.5 Å². The second kappa shape index (κ2) is 6.84. The monoisotopic (exact) mass is 342 g/mol. The van der Waals surface area contributed by atoms with Crippen molar-refractivity contribution in [3.05, 3.63) is 59.1 Å².